The van der Waals surface area contributed by atoms with E-state index in [4.69, 9.17) is 11.6 Å². The summed E-state index contributed by atoms with van der Waals surface area (Å²) in [6, 6.07) is 8.44. The van der Waals surface area contributed by atoms with E-state index in [0.717, 1.165) is 0 Å². The monoisotopic (exact) mass is 232 g/mol. The highest BCUT2D eigenvalue weighted by Crippen LogP contribution is 2.13. The number of sulfone groups is 1. The predicted octanol–water partition coefficient (Wildman–Crippen LogP) is 2.48. The highest BCUT2D eigenvalue weighted by molar-refractivity contribution is 7.91. The van der Waals surface area contributed by atoms with Crippen molar-refractivity contribution in [1.29, 1.82) is 0 Å². The summed E-state index contributed by atoms with van der Waals surface area (Å²) >= 11 is 5.71. The first-order chi connectivity index (χ1) is 6.52. The molecule has 0 amide bonds. The fourth-order valence-corrected chi connectivity index (χ4v) is 2.77. The van der Waals surface area contributed by atoms with Crippen molar-refractivity contribution in [1.82, 2.24) is 0 Å². The Morgan fingerprint density at radius 1 is 1.29 bits per heavy atom. The van der Waals surface area contributed by atoms with Crippen LogP contribution >= 0.6 is 11.6 Å². The average Bonchev–Trinajstić information content (AvgIpc) is 2.16. The smallest absolute Gasteiger partial charge is 0.178 e. The normalized spacial score (nSPS) is 13.9. The zero-order valence-electron chi connectivity index (χ0n) is 7.98. The maximum Gasteiger partial charge on any atom is 0.178 e. The molecule has 2 nitrogen and oxygen atoms in total. The molecule has 0 saturated heterocycles. The third kappa shape index (κ3) is 3.31. The van der Waals surface area contributed by atoms with Crippen molar-refractivity contribution in [2.75, 3.05) is 5.75 Å². The fourth-order valence-electron chi connectivity index (χ4n) is 1.06. The Balaban J connectivity index is 2.77. The standard InChI is InChI=1S/C10H13ClO2S/c1-9(11)7-8-14(12,13)10-5-3-2-4-6-10/h2-6,9H,7-8H2,1H3. The van der Waals surface area contributed by atoms with Crippen molar-refractivity contribution >= 4 is 21.4 Å². The number of hydrogen-bond acceptors (Lipinski definition) is 2. The molecule has 1 aromatic rings. The molecule has 0 aliphatic carbocycles. The Bertz CT molecular complexity index is 370. The molecule has 0 spiro atoms. The minimum absolute atomic E-state index is 0.103. The molecule has 0 heterocycles. The van der Waals surface area contributed by atoms with Gasteiger partial charge in [-0.1, -0.05) is 18.2 Å². The lowest BCUT2D eigenvalue weighted by Crippen LogP contribution is -2.09. The van der Waals surface area contributed by atoms with Gasteiger partial charge in [0.1, 0.15) is 0 Å². The first-order valence-electron chi connectivity index (χ1n) is 4.44. The van der Waals surface area contributed by atoms with Gasteiger partial charge in [0.15, 0.2) is 9.84 Å². The molecule has 4 heteroatoms. The van der Waals surface area contributed by atoms with Gasteiger partial charge >= 0.3 is 0 Å². The van der Waals surface area contributed by atoms with Crippen LogP contribution in [0, 0.1) is 0 Å². The molecule has 0 aliphatic heterocycles. The Morgan fingerprint density at radius 2 is 1.86 bits per heavy atom. The molecule has 0 aliphatic rings. The van der Waals surface area contributed by atoms with Crippen LogP contribution < -0.4 is 0 Å². The van der Waals surface area contributed by atoms with E-state index in [1.165, 1.54) is 0 Å². The van der Waals surface area contributed by atoms with Crippen LogP contribution in [0.25, 0.3) is 0 Å². The molecule has 1 unspecified atom stereocenters. The summed E-state index contributed by atoms with van der Waals surface area (Å²) in [7, 11) is -3.14. The number of alkyl halides is 1. The van der Waals surface area contributed by atoms with Crippen LogP contribution in [0.15, 0.2) is 35.2 Å². The Labute approximate surface area is 89.8 Å². The van der Waals surface area contributed by atoms with Crippen molar-refractivity contribution in [2.24, 2.45) is 0 Å². The van der Waals surface area contributed by atoms with Gasteiger partial charge in [0.2, 0.25) is 0 Å². The fraction of sp³-hybridized carbons (Fsp3) is 0.400. The van der Waals surface area contributed by atoms with Crippen LogP contribution in [0.3, 0.4) is 0 Å². The summed E-state index contributed by atoms with van der Waals surface area (Å²) in [5.74, 6) is 0.113. The second kappa shape index (κ2) is 4.80. The van der Waals surface area contributed by atoms with E-state index >= 15 is 0 Å². The molecule has 0 radical (unpaired) electrons. The van der Waals surface area contributed by atoms with Gasteiger partial charge in [-0.25, -0.2) is 8.42 Å². The van der Waals surface area contributed by atoms with Crippen LogP contribution in [0.1, 0.15) is 13.3 Å². The quantitative estimate of drug-likeness (QED) is 0.748. The summed E-state index contributed by atoms with van der Waals surface area (Å²) < 4.78 is 23.4. The maximum atomic E-state index is 11.7. The van der Waals surface area contributed by atoms with Crippen molar-refractivity contribution in [3.05, 3.63) is 30.3 Å². The van der Waals surface area contributed by atoms with Gasteiger partial charge in [0.05, 0.1) is 10.6 Å². The second-order valence-corrected chi connectivity index (χ2v) is 6.06. The summed E-state index contributed by atoms with van der Waals surface area (Å²) in [6.45, 7) is 1.79. The van der Waals surface area contributed by atoms with E-state index < -0.39 is 9.84 Å². The van der Waals surface area contributed by atoms with E-state index in [-0.39, 0.29) is 11.1 Å². The highest BCUT2D eigenvalue weighted by Gasteiger charge is 2.14. The number of hydrogen-bond donors (Lipinski definition) is 0. The third-order valence-electron chi connectivity index (χ3n) is 1.89. The molecule has 1 rings (SSSR count). The molecule has 0 N–H and O–H groups in total. The highest BCUT2D eigenvalue weighted by atomic mass is 35.5. The topological polar surface area (TPSA) is 34.1 Å². The molecule has 78 valence electrons. The van der Waals surface area contributed by atoms with Gasteiger partial charge in [-0.3, -0.25) is 0 Å². The first kappa shape index (κ1) is 11.5. The van der Waals surface area contributed by atoms with Crippen LogP contribution in [0.4, 0.5) is 0 Å². The van der Waals surface area contributed by atoms with Gasteiger partial charge in [-0.05, 0) is 25.5 Å². The minimum atomic E-state index is -3.14. The first-order valence-corrected chi connectivity index (χ1v) is 6.53. The minimum Gasteiger partial charge on any atom is -0.224 e. The molecule has 1 atom stereocenters. The largest absolute Gasteiger partial charge is 0.224 e. The zero-order valence-corrected chi connectivity index (χ0v) is 9.55. The molecule has 0 aromatic heterocycles. The van der Waals surface area contributed by atoms with Gasteiger partial charge in [-0.15, -0.1) is 11.6 Å². The van der Waals surface area contributed by atoms with Crippen molar-refractivity contribution < 1.29 is 8.42 Å². The van der Waals surface area contributed by atoms with Gasteiger partial charge < -0.3 is 0 Å². The number of halogens is 1. The van der Waals surface area contributed by atoms with E-state index in [0.29, 0.717) is 11.3 Å². The molecule has 0 bridgehead atoms. The summed E-state index contributed by atoms with van der Waals surface area (Å²) in [5.41, 5.74) is 0. The Morgan fingerprint density at radius 3 is 2.36 bits per heavy atom. The molecule has 14 heavy (non-hydrogen) atoms. The van der Waals surface area contributed by atoms with Crippen molar-refractivity contribution in [3.63, 3.8) is 0 Å². The number of benzene rings is 1. The van der Waals surface area contributed by atoms with E-state index in [2.05, 4.69) is 0 Å². The van der Waals surface area contributed by atoms with Crippen molar-refractivity contribution in [3.8, 4) is 0 Å². The third-order valence-corrected chi connectivity index (χ3v) is 3.87. The molecular weight excluding hydrogens is 220 g/mol. The Hall–Kier alpha value is -0.540. The van der Waals surface area contributed by atoms with E-state index in [1.54, 1.807) is 37.3 Å². The lowest BCUT2D eigenvalue weighted by atomic mass is 10.4. The summed E-state index contributed by atoms with van der Waals surface area (Å²) in [6.07, 6.45) is 0.485. The van der Waals surface area contributed by atoms with E-state index in [9.17, 15) is 8.42 Å². The Kier molecular flexibility index (Phi) is 3.96. The van der Waals surface area contributed by atoms with Crippen LogP contribution in [0.2, 0.25) is 0 Å². The lowest BCUT2D eigenvalue weighted by molar-refractivity contribution is 0.593. The van der Waals surface area contributed by atoms with Gasteiger partial charge in [0, 0.05) is 5.38 Å². The lowest BCUT2D eigenvalue weighted by Gasteiger charge is -2.04. The van der Waals surface area contributed by atoms with Gasteiger partial charge in [0.25, 0.3) is 0 Å². The molecule has 0 fully saturated rings. The zero-order chi connectivity index (χ0) is 10.6. The van der Waals surface area contributed by atoms with Crippen LogP contribution in [0.5, 0.6) is 0 Å². The number of rotatable bonds is 4. The van der Waals surface area contributed by atoms with Crippen LogP contribution in [-0.2, 0) is 9.84 Å². The SMILES string of the molecule is CC(Cl)CCS(=O)(=O)c1ccccc1. The molecular formula is C10H13ClO2S. The van der Waals surface area contributed by atoms with Gasteiger partial charge in [-0.2, -0.15) is 0 Å². The predicted molar refractivity (Wildman–Crippen MR) is 58.4 cm³/mol. The summed E-state index contributed by atoms with van der Waals surface area (Å²) in [4.78, 5) is 0.373. The second-order valence-electron chi connectivity index (χ2n) is 3.20. The average molecular weight is 233 g/mol. The van der Waals surface area contributed by atoms with E-state index in [1.807, 2.05) is 0 Å². The molecule has 1 aromatic carbocycles. The summed E-state index contributed by atoms with van der Waals surface area (Å²) in [5, 5.41) is -0.103. The maximum absolute atomic E-state index is 11.7. The van der Waals surface area contributed by atoms with Crippen molar-refractivity contribution in [2.45, 2.75) is 23.6 Å². The molecule has 0 saturated carbocycles. The van der Waals surface area contributed by atoms with Crippen LogP contribution in [-0.4, -0.2) is 19.5 Å².